The molecule has 1 aliphatic rings. The summed E-state index contributed by atoms with van der Waals surface area (Å²) in [6, 6.07) is 5.29. The third-order valence-corrected chi connectivity index (χ3v) is 4.98. The van der Waals surface area contributed by atoms with E-state index in [1.54, 1.807) is 6.92 Å². The van der Waals surface area contributed by atoms with Crippen LogP contribution in [0.15, 0.2) is 28.8 Å². The largest absolute Gasteiger partial charge is 0.416 e. The van der Waals surface area contributed by atoms with Gasteiger partial charge in [0.2, 0.25) is 11.8 Å². The number of nitrogens with zero attached hydrogens (tertiary/aromatic N) is 4. The predicted octanol–water partition coefficient (Wildman–Crippen LogP) is 3.45. The molecule has 158 valence electrons. The van der Waals surface area contributed by atoms with Crippen LogP contribution in [0.2, 0.25) is 0 Å². The highest BCUT2D eigenvalue weighted by atomic mass is 19.4. The summed E-state index contributed by atoms with van der Waals surface area (Å²) in [7, 11) is 0. The van der Waals surface area contributed by atoms with Crippen molar-refractivity contribution in [2.24, 2.45) is 0 Å². The fourth-order valence-corrected chi connectivity index (χ4v) is 3.43. The van der Waals surface area contributed by atoms with Crippen LogP contribution in [-0.2, 0) is 23.9 Å². The topological polar surface area (TPSA) is 62.5 Å². The number of alkyl halides is 3. The second kappa shape index (κ2) is 9.39. The standard InChI is InChI=1S/C20H25F3N4O2/c1-15-24-18(29-25-15)4-2-5-19(28)27-11-3-10-26(12-13-27)14-16-6-8-17(9-7-16)20(21,22)23/h6-9H,2-5,10-14H2,1H3. The van der Waals surface area contributed by atoms with Crippen molar-refractivity contribution in [2.75, 3.05) is 26.2 Å². The van der Waals surface area contributed by atoms with Gasteiger partial charge in [0.15, 0.2) is 5.82 Å². The Kier molecular flexibility index (Phi) is 6.89. The summed E-state index contributed by atoms with van der Waals surface area (Å²) in [5.74, 6) is 1.25. The van der Waals surface area contributed by atoms with Crippen LogP contribution in [-0.4, -0.2) is 52.0 Å². The second-order valence-corrected chi connectivity index (χ2v) is 7.29. The summed E-state index contributed by atoms with van der Waals surface area (Å²) in [5.41, 5.74) is 0.206. The summed E-state index contributed by atoms with van der Waals surface area (Å²) in [6.45, 7) is 5.17. The van der Waals surface area contributed by atoms with Gasteiger partial charge in [-0.2, -0.15) is 18.2 Å². The van der Waals surface area contributed by atoms with Crippen molar-refractivity contribution >= 4 is 5.91 Å². The van der Waals surface area contributed by atoms with E-state index in [0.717, 1.165) is 30.7 Å². The summed E-state index contributed by atoms with van der Waals surface area (Å²) in [5, 5.41) is 3.73. The van der Waals surface area contributed by atoms with Crippen LogP contribution in [0, 0.1) is 6.92 Å². The average molecular weight is 410 g/mol. The molecule has 0 unspecified atom stereocenters. The molecule has 1 amide bonds. The van der Waals surface area contributed by atoms with Gasteiger partial charge in [-0.3, -0.25) is 9.69 Å². The minimum atomic E-state index is -4.32. The zero-order valence-corrected chi connectivity index (χ0v) is 16.4. The normalized spacial score (nSPS) is 16.1. The monoisotopic (exact) mass is 410 g/mol. The van der Waals surface area contributed by atoms with E-state index < -0.39 is 11.7 Å². The lowest BCUT2D eigenvalue weighted by atomic mass is 10.1. The minimum Gasteiger partial charge on any atom is -0.341 e. The number of halogens is 3. The van der Waals surface area contributed by atoms with Crippen LogP contribution in [0.5, 0.6) is 0 Å². The molecule has 0 spiro atoms. The highest BCUT2D eigenvalue weighted by molar-refractivity contribution is 5.76. The van der Waals surface area contributed by atoms with Gasteiger partial charge < -0.3 is 9.42 Å². The number of amides is 1. The van der Waals surface area contributed by atoms with Gasteiger partial charge in [0.05, 0.1) is 5.56 Å². The van der Waals surface area contributed by atoms with E-state index in [0.29, 0.717) is 57.2 Å². The van der Waals surface area contributed by atoms with Crippen molar-refractivity contribution in [3.63, 3.8) is 0 Å². The summed E-state index contributed by atoms with van der Waals surface area (Å²) in [4.78, 5) is 20.7. The quantitative estimate of drug-likeness (QED) is 0.730. The average Bonchev–Trinajstić information content (AvgIpc) is 2.94. The molecule has 1 fully saturated rings. The van der Waals surface area contributed by atoms with Crippen molar-refractivity contribution in [2.45, 2.75) is 45.3 Å². The van der Waals surface area contributed by atoms with E-state index in [2.05, 4.69) is 15.0 Å². The van der Waals surface area contributed by atoms with E-state index in [9.17, 15) is 18.0 Å². The third kappa shape index (κ3) is 6.28. The number of benzene rings is 1. The molecule has 1 saturated heterocycles. The van der Waals surface area contributed by atoms with Crippen molar-refractivity contribution < 1.29 is 22.5 Å². The first-order chi connectivity index (χ1) is 13.8. The Balaban J connectivity index is 1.44. The SMILES string of the molecule is Cc1noc(CCCC(=O)N2CCCN(Cc3ccc(C(F)(F)F)cc3)CC2)n1. The summed E-state index contributed by atoms with van der Waals surface area (Å²) >= 11 is 0. The lowest BCUT2D eigenvalue weighted by Crippen LogP contribution is -2.35. The maximum absolute atomic E-state index is 12.7. The number of carbonyl (C=O) groups is 1. The summed E-state index contributed by atoms with van der Waals surface area (Å²) < 4.78 is 43.1. The maximum Gasteiger partial charge on any atom is 0.416 e. The molecule has 29 heavy (non-hydrogen) atoms. The number of hydrogen-bond acceptors (Lipinski definition) is 5. The zero-order valence-electron chi connectivity index (χ0n) is 16.4. The third-order valence-electron chi connectivity index (χ3n) is 4.98. The second-order valence-electron chi connectivity index (χ2n) is 7.29. The van der Waals surface area contributed by atoms with E-state index in [4.69, 9.17) is 4.52 Å². The number of aryl methyl sites for hydroxylation is 2. The molecule has 2 heterocycles. The first-order valence-corrected chi connectivity index (χ1v) is 9.77. The van der Waals surface area contributed by atoms with Crippen LogP contribution in [0.3, 0.4) is 0 Å². The van der Waals surface area contributed by atoms with E-state index in [-0.39, 0.29) is 5.91 Å². The molecule has 0 N–H and O–H groups in total. The van der Waals surface area contributed by atoms with Crippen LogP contribution < -0.4 is 0 Å². The minimum absolute atomic E-state index is 0.109. The molecule has 1 aromatic heterocycles. The maximum atomic E-state index is 12.7. The van der Waals surface area contributed by atoms with Gasteiger partial charge in [-0.15, -0.1) is 0 Å². The highest BCUT2D eigenvalue weighted by Crippen LogP contribution is 2.29. The van der Waals surface area contributed by atoms with Gasteiger partial charge in [-0.1, -0.05) is 17.3 Å². The van der Waals surface area contributed by atoms with E-state index >= 15 is 0 Å². The van der Waals surface area contributed by atoms with Crippen molar-refractivity contribution in [1.29, 1.82) is 0 Å². The molecule has 0 bridgehead atoms. The molecular weight excluding hydrogens is 385 g/mol. The molecule has 1 aromatic carbocycles. The first kappa shape index (κ1) is 21.3. The van der Waals surface area contributed by atoms with Gasteiger partial charge in [0.1, 0.15) is 0 Å². The molecule has 0 radical (unpaired) electrons. The fraction of sp³-hybridized carbons (Fsp3) is 0.550. The van der Waals surface area contributed by atoms with Crippen molar-refractivity contribution in [1.82, 2.24) is 19.9 Å². The Morgan fingerprint density at radius 2 is 1.90 bits per heavy atom. The van der Waals surface area contributed by atoms with Crippen LogP contribution in [0.1, 0.15) is 42.1 Å². The Hall–Kier alpha value is -2.42. The molecule has 0 aliphatic carbocycles. The molecule has 6 nitrogen and oxygen atoms in total. The predicted molar refractivity (Wildman–Crippen MR) is 99.9 cm³/mol. The smallest absolute Gasteiger partial charge is 0.341 e. The lowest BCUT2D eigenvalue weighted by Gasteiger charge is -2.22. The van der Waals surface area contributed by atoms with E-state index in [1.165, 1.54) is 12.1 Å². The molecule has 2 aromatic rings. The molecule has 0 saturated carbocycles. The first-order valence-electron chi connectivity index (χ1n) is 9.77. The van der Waals surface area contributed by atoms with Gasteiger partial charge in [-0.05, 0) is 37.5 Å². The number of carbonyl (C=O) groups excluding carboxylic acids is 1. The van der Waals surface area contributed by atoms with Gasteiger partial charge >= 0.3 is 6.18 Å². The Morgan fingerprint density at radius 3 is 2.55 bits per heavy atom. The Bertz CT molecular complexity index is 805. The van der Waals surface area contributed by atoms with Crippen LogP contribution in [0.25, 0.3) is 0 Å². The number of hydrogen-bond donors (Lipinski definition) is 0. The van der Waals surface area contributed by atoms with Gasteiger partial charge in [0, 0.05) is 45.6 Å². The molecule has 9 heteroatoms. The van der Waals surface area contributed by atoms with Gasteiger partial charge in [0.25, 0.3) is 0 Å². The molecule has 0 atom stereocenters. The molecular formula is C20H25F3N4O2. The zero-order chi connectivity index (χ0) is 20.9. The molecule has 3 rings (SSSR count). The van der Waals surface area contributed by atoms with Crippen molar-refractivity contribution in [3.8, 4) is 0 Å². The van der Waals surface area contributed by atoms with Crippen LogP contribution >= 0.6 is 0 Å². The molecule has 1 aliphatic heterocycles. The lowest BCUT2D eigenvalue weighted by molar-refractivity contribution is -0.137. The highest BCUT2D eigenvalue weighted by Gasteiger charge is 2.30. The van der Waals surface area contributed by atoms with Crippen molar-refractivity contribution in [3.05, 3.63) is 47.1 Å². The Labute approximate surface area is 167 Å². The van der Waals surface area contributed by atoms with Crippen LogP contribution in [0.4, 0.5) is 13.2 Å². The summed E-state index contributed by atoms with van der Waals surface area (Å²) in [6.07, 6.45) is -1.80. The number of rotatable bonds is 6. The fourth-order valence-electron chi connectivity index (χ4n) is 3.43. The number of aromatic nitrogens is 2. The Morgan fingerprint density at radius 1 is 1.14 bits per heavy atom. The van der Waals surface area contributed by atoms with E-state index in [1.807, 2.05) is 4.90 Å². The van der Waals surface area contributed by atoms with Gasteiger partial charge in [-0.25, -0.2) is 0 Å².